The predicted octanol–water partition coefficient (Wildman–Crippen LogP) is 3.79. The first-order chi connectivity index (χ1) is 10.3. The van der Waals surface area contributed by atoms with E-state index in [-0.39, 0.29) is 5.91 Å². The molecule has 2 aromatic carbocycles. The Morgan fingerprint density at radius 1 is 1.00 bits per heavy atom. The number of benzene rings is 2. The van der Waals surface area contributed by atoms with Crippen LogP contribution in [0.2, 0.25) is 0 Å². The van der Waals surface area contributed by atoms with E-state index in [0.717, 1.165) is 22.0 Å². The molecule has 104 valence electrons. The number of nitrogens with zero attached hydrogens (tertiary/aromatic N) is 2. The zero-order valence-electron chi connectivity index (χ0n) is 11.9. The number of amides is 1. The van der Waals surface area contributed by atoms with Gasteiger partial charge in [-0.2, -0.15) is 0 Å². The van der Waals surface area contributed by atoms with E-state index in [1.807, 2.05) is 42.5 Å². The minimum absolute atomic E-state index is 0.0307. The lowest BCUT2D eigenvalue weighted by Crippen LogP contribution is -2.27. The summed E-state index contributed by atoms with van der Waals surface area (Å²) in [6, 6.07) is 18.0. The van der Waals surface area contributed by atoms with Crippen LogP contribution in [0.3, 0.4) is 0 Å². The Kier molecular flexibility index (Phi) is 3.65. The van der Waals surface area contributed by atoms with Crippen LogP contribution in [0.15, 0.2) is 67.0 Å². The van der Waals surface area contributed by atoms with Gasteiger partial charge in [0.1, 0.15) is 0 Å². The largest absolute Gasteiger partial charge is 0.308 e. The molecule has 3 rings (SSSR count). The maximum Gasteiger partial charge on any atom is 0.224 e. The van der Waals surface area contributed by atoms with Crippen molar-refractivity contribution in [3.05, 3.63) is 72.6 Å². The molecule has 0 atom stereocenters. The average Bonchev–Trinajstić information content (AvgIpc) is 2.53. The Hall–Kier alpha value is -2.68. The fourth-order valence-corrected chi connectivity index (χ4v) is 2.48. The van der Waals surface area contributed by atoms with Crippen molar-refractivity contribution in [3.63, 3.8) is 0 Å². The molecule has 0 spiro atoms. The number of pyridine rings is 1. The van der Waals surface area contributed by atoms with E-state index >= 15 is 0 Å². The Morgan fingerprint density at radius 3 is 2.48 bits per heavy atom. The standard InChI is InChI=1S/C18H16N2O/c1-14(21)20(13-15-9-11-19-12-10-15)18-8-4-6-16-5-2-3-7-17(16)18/h2-12H,13H2,1H3. The maximum absolute atomic E-state index is 12.1. The second-order valence-electron chi connectivity index (χ2n) is 4.96. The van der Waals surface area contributed by atoms with Crippen molar-refractivity contribution in [2.45, 2.75) is 13.5 Å². The van der Waals surface area contributed by atoms with Gasteiger partial charge < -0.3 is 4.90 Å². The summed E-state index contributed by atoms with van der Waals surface area (Å²) in [6.45, 7) is 2.15. The lowest BCUT2D eigenvalue weighted by molar-refractivity contribution is -0.116. The third-order valence-electron chi connectivity index (χ3n) is 3.53. The molecule has 0 N–H and O–H groups in total. The van der Waals surface area contributed by atoms with Crippen molar-refractivity contribution in [2.24, 2.45) is 0 Å². The Morgan fingerprint density at radius 2 is 1.71 bits per heavy atom. The third kappa shape index (κ3) is 2.77. The summed E-state index contributed by atoms with van der Waals surface area (Å²) in [4.78, 5) is 17.9. The van der Waals surface area contributed by atoms with Gasteiger partial charge in [-0.05, 0) is 29.1 Å². The van der Waals surface area contributed by atoms with E-state index in [9.17, 15) is 4.79 Å². The molecule has 0 bridgehead atoms. The molecule has 3 aromatic rings. The molecule has 1 aromatic heterocycles. The summed E-state index contributed by atoms with van der Waals surface area (Å²) in [6.07, 6.45) is 3.49. The first-order valence-corrected chi connectivity index (χ1v) is 6.90. The van der Waals surface area contributed by atoms with Crippen LogP contribution in [-0.2, 0) is 11.3 Å². The molecule has 0 unspecified atom stereocenters. The van der Waals surface area contributed by atoms with Crippen molar-refractivity contribution in [1.29, 1.82) is 0 Å². The molecule has 0 aliphatic heterocycles. The predicted molar refractivity (Wildman–Crippen MR) is 85.0 cm³/mol. The van der Waals surface area contributed by atoms with Gasteiger partial charge in [0.25, 0.3) is 0 Å². The van der Waals surface area contributed by atoms with Gasteiger partial charge in [-0.3, -0.25) is 9.78 Å². The topological polar surface area (TPSA) is 33.2 Å². The molecular formula is C18H16N2O. The highest BCUT2D eigenvalue weighted by Crippen LogP contribution is 2.28. The van der Waals surface area contributed by atoms with Crippen molar-refractivity contribution in [1.82, 2.24) is 4.98 Å². The van der Waals surface area contributed by atoms with E-state index in [4.69, 9.17) is 0 Å². The highest BCUT2D eigenvalue weighted by molar-refractivity contribution is 6.02. The summed E-state index contributed by atoms with van der Waals surface area (Å²) < 4.78 is 0. The number of hydrogen-bond acceptors (Lipinski definition) is 2. The van der Waals surface area contributed by atoms with Gasteiger partial charge in [-0.25, -0.2) is 0 Å². The fraction of sp³-hybridized carbons (Fsp3) is 0.111. The Labute approximate surface area is 123 Å². The summed E-state index contributed by atoms with van der Waals surface area (Å²) in [5.41, 5.74) is 2.01. The maximum atomic E-state index is 12.1. The van der Waals surface area contributed by atoms with Crippen LogP contribution in [0.4, 0.5) is 5.69 Å². The second-order valence-corrected chi connectivity index (χ2v) is 4.96. The van der Waals surface area contributed by atoms with Gasteiger partial charge >= 0.3 is 0 Å². The van der Waals surface area contributed by atoms with Crippen molar-refractivity contribution in [2.75, 3.05) is 4.90 Å². The minimum atomic E-state index is 0.0307. The molecule has 0 aliphatic carbocycles. The molecule has 0 saturated carbocycles. The Balaban J connectivity index is 2.06. The number of aromatic nitrogens is 1. The summed E-state index contributed by atoms with van der Waals surface area (Å²) >= 11 is 0. The average molecular weight is 276 g/mol. The van der Waals surface area contributed by atoms with Crippen LogP contribution in [0, 0.1) is 0 Å². The van der Waals surface area contributed by atoms with Gasteiger partial charge in [-0.1, -0.05) is 36.4 Å². The van der Waals surface area contributed by atoms with Crippen LogP contribution in [0.5, 0.6) is 0 Å². The number of rotatable bonds is 3. The lowest BCUT2D eigenvalue weighted by atomic mass is 10.1. The molecule has 3 nitrogen and oxygen atoms in total. The van der Waals surface area contributed by atoms with E-state index in [1.165, 1.54) is 0 Å². The molecule has 1 heterocycles. The van der Waals surface area contributed by atoms with Crippen LogP contribution < -0.4 is 4.90 Å². The first kappa shape index (κ1) is 13.3. The molecule has 0 radical (unpaired) electrons. The van der Waals surface area contributed by atoms with Gasteiger partial charge in [0, 0.05) is 24.7 Å². The van der Waals surface area contributed by atoms with Gasteiger partial charge in [-0.15, -0.1) is 0 Å². The van der Waals surface area contributed by atoms with E-state index in [1.54, 1.807) is 24.2 Å². The van der Waals surface area contributed by atoms with Crippen molar-refractivity contribution in [3.8, 4) is 0 Å². The molecule has 1 amide bonds. The minimum Gasteiger partial charge on any atom is -0.308 e. The van der Waals surface area contributed by atoms with Crippen molar-refractivity contribution >= 4 is 22.4 Å². The number of carbonyl (C=O) groups excluding carboxylic acids is 1. The normalized spacial score (nSPS) is 10.5. The number of fused-ring (bicyclic) bond motifs is 1. The smallest absolute Gasteiger partial charge is 0.224 e. The highest BCUT2D eigenvalue weighted by atomic mass is 16.2. The van der Waals surface area contributed by atoms with Crippen LogP contribution in [-0.4, -0.2) is 10.9 Å². The molecule has 3 heteroatoms. The Bertz CT molecular complexity index is 763. The van der Waals surface area contributed by atoms with Gasteiger partial charge in [0.2, 0.25) is 5.91 Å². The van der Waals surface area contributed by atoms with E-state index < -0.39 is 0 Å². The highest BCUT2D eigenvalue weighted by Gasteiger charge is 2.14. The number of carbonyl (C=O) groups is 1. The number of hydrogen-bond donors (Lipinski definition) is 0. The van der Waals surface area contributed by atoms with Gasteiger partial charge in [0.05, 0.1) is 12.2 Å². The quantitative estimate of drug-likeness (QED) is 0.729. The number of anilines is 1. The monoisotopic (exact) mass is 276 g/mol. The molecule has 0 saturated heterocycles. The van der Waals surface area contributed by atoms with E-state index in [2.05, 4.69) is 17.1 Å². The second kappa shape index (κ2) is 5.75. The van der Waals surface area contributed by atoms with Crippen LogP contribution >= 0.6 is 0 Å². The molecule has 21 heavy (non-hydrogen) atoms. The van der Waals surface area contributed by atoms with Crippen molar-refractivity contribution < 1.29 is 4.79 Å². The van der Waals surface area contributed by atoms with Crippen LogP contribution in [0.1, 0.15) is 12.5 Å². The van der Waals surface area contributed by atoms with Gasteiger partial charge in [0.15, 0.2) is 0 Å². The fourth-order valence-electron chi connectivity index (χ4n) is 2.48. The lowest BCUT2D eigenvalue weighted by Gasteiger charge is -2.23. The summed E-state index contributed by atoms with van der Waals surface area (Å²) in [7, 11) is 0. The van der Waals surface area contributed by atoms with E-state index in [0.29, 0.717) is 6.54 Å². The van der Waals surface area contributed by atoms with Crippen LogP contribution in [0.25, 0.3) is 10.8 Å². The third-order valence-corrected chi connectivity index (χ3v) is 3.53. The summed E-state index contributed by atoms with van der Waals surface area (Å²) in [5, 5.41) is 2.22. The molecule has 0 fully saturated rings. The molecule has 0 aliphatic rings. The SMILES string of the molecule is CC(=O)N(Cc1ccncc1)c1cccc2ccccc12. The molecular weight excluding hydrogens is 260 g/mol. The zero-order chi connectivity index (χ0) is 14.7. The summed E-state index contributed by atoms with van der Waals surface area (Å²) in [5.74, 6) is 0.0307. The zero-order valence-corrected chi connectivity index (χ0v) is 11.9. The first-order valence-electron chi connectivity index (χ1n) is 6.90.